The van der Waals surface area contributed by atoms with E-state index in [1.165, 1.54) is 0 Å². The monoisotopic (exact) mass is 449 g/mol. The summed E-state index contributed by atoms with van der Waals surface area (Å²) in [7, 11) is 1.67. The van der Waals surface area contributed by atoms with Crippen LogP contribution in [0.4, 0.5) is 0 Å². The predicted octanol–water partition coefficient (Wildman–Crippen LogP) is 7.05. The van der Waals surface area contributed by atoms with Crippen molar-refractivity contribution in [3.63, 3.8) is 0 Å². The number of nitrogens with zero attached hydrogens (tertiary/aromatic N) is 1. The second-order valence-corrected chi connectivity index (χ2v) is 8.89. The maximum atomic E-state index is 13.5. The van der Waals surface area contributed by atoms with Gasteiger partial charge in [-0.25, -0.2) is 4.98 Å². The summed E-state index contributed by atoms with van der Waals surface area (Å²) in [6.07, 6.45) is 0.690. The number of ketones is 1. The van der Waals surface area contributed by atoms with E-state index in [2.05, 4.69) is 18.4 Å². The van der Waals surface area contributed by atoms with Gasteiger partial charge >= 0.3 is 0 Å². The largest absolute Gasteiger partial charge is 0.497 e. The number of hydrogen-bond donors (Lipinski definition) is 0. The molecule has 0 aliphatic heterocycles. The molecule has 0 fully saturated rings. The Balaban J connectivity index is 1.53. The molecule has 0 N–H and O–H groups in total. The van der Waals surface area contributed by atoms with Crippen LogP contribution in [0.1, 0.15) is 32.1 Å². The van der Waals surface area contributed by atoms with Crippen LogP contribution < -0.4 is 4.74 Å². The molecular formula is C29H23NO2S. The molecular weight excluding hydrogens is 426 g/mol. The molecule has 162 valence electrons. The van der Waals surface area contributed by atoms with Gasteiger partial charge in [0.15, 0.2) is 5.78 Å². The maximum Gasteiger partial charge on any atom is 0.193 e. The molecule has 3 aromatic rings. The molecule has 0 spiro atoms. The van der Waals surface area contributed by atoms with Crippen molar-refractivity contribution >= 4 is 17.1 Å². The average Bonchev–Trinajstić information content (AvgIpc) is 3.33. The number of benzene rings is 2. The second kappa shape index (κ2) is 9.00. The molecule has 2 aliphatic rings. The standard InChI is InChI=1S/C29H23NO2S/c1-19-25(17-27-30-26(18-33-27)20-13-15-22(32-2)16-14-20)23-11-7-4-8-12-24(23)28(19)29(31)21-9-5-3-6-10-21/h3-16,18H,17H2,1-2H3. The number of carbonyl (C=O) groups is 1. The summed E-state index contributed by atoms with van der Waals surface area (Å²) in [5.74, 6) is 0.894. The third kappa shape index (κ3) is 4.06. The minimum atomic E-state index is 0.0635. The summed E-state index contributed by atoms with van der Waals surface area (Å²) in [5, 5.41) is 3.12. The van der Waals surface area contributed by atoms with Crippen molar-refractivity contribution in [1.82, 2.24) is 4.98 Å². The molecule has 3 nitrogen and oxygen atoms in total. The van der Waals surface area contributed by atoms with Gasteiger partial charge in [-0.05, 0) is 53.4 Å². The van der Waals surface area contributed by atoms with Gasteiger partial charge in [0.2, 0.25) is 0 Å². The topological polar surface area (TPSA) is 39.2 Å². The second-order valence-electron chi connectivity index (χ2n) is 7.94. The molecule has 0 atom stereocenters. The number of hydrogen-bond acceptors (Lipinski definition) is 4. The number of ether oxygens (including phenoxy) is 1. The van der Waals surface area contributed by atoms with Gasteiger partial charge in [-0.2, -0.15) is 0 Å². The van der Waals surface area contributed by atoms with E-state index in [0.29, 0.717) is 12.0 Å². The van der Waals surface area contributed by atoms with Crippen molar-refractivity contribution in [3.05, 3.63) is 118 Å². The highest BCUT2D eigenvalue weighted by Gasteiger charge is 2.25. The molecule has 4 heteroatoms. The summed E-state index contributed by atoms with van der Waals surface area (Å²) in [5.41, 5.74) is 7.82. The van der Waals surface area contributed by atoms with E-state index in [1.807, 2.05) is 78.9 Å². The van der Waals surface area contributed by atoms with E-state index in [4.69, 9.17) is 9.72 Å². The third-order valence-corrected chi connectivity index (χ3v) is 6.84. The van der Waals surface area contributed by atoms with E-state index in [1.54, 1.807) is 18.4 Å². The SMILES string of the molecule is COc1ccc(-c2csc(Cc3c4cccccc-4c(C(=O)c4ccccc4)c3C)n2)cc1. The Morgan fingerprint density at radius 2 is 1.55 bits per heavy atom. The Labute approximate surface area is 197 Å². The van der Waals surface area contributed by atoms with E-state index in [9.17, 15) is 4.79 Å². The Bertz CT molecular complexity index is 1390. The molecule has 1 aromatic heterocycles. The summed E-state index contributed by atoms with van der Waals surface area (Å²) < 4.78 is 5.26. The fourth-order valence-electron chi connectivity index (χ4n) is 4.28. The predicted molar refractivity (Wildman–Crippen MR) is 135 cm³/mol. The first-order valence-corrected chi connectivity index (χ1v) is 11.7. The first-order chi connectivity index (χ1) is 16.2. The van der Waals surface area contributed by atoms with Crippen LogP contribution in [-0.4, -0.2) is 17.9 Å². The summed E-state index contributed by atoms with van der Waals surface area (Å²) in [6.45, 7) is 2.06. The van der Waals surface area contributed by atoms with Crippen molar-refractivity contribution in [3.8, 4) is 28.1 Å². The van der Waals surface area contributed by atoms with Gasteiger partial charge in [0, 0.05) is 28.5 Å². The van der Waals surface area contributed by atoms with Crippen LogP contribution in [0.25, 0.3) is 22.4 Å². The van der Waals surface area contributed by atoms with Gasteiger partial charge in [-0.15, -0.1) is 11.3 Å². The fourth-order valence-corrected chi connectivity index (χ4v) is 5.09. The van der Waals surface area contributed by atoms with Gasteiger partial charge in [-0.1, -0.05) is 60.7 Å². The van der Waals surface area contributed by atoms with Crippen LogP contribution in [-0.2, 0) is 6.42 Å². The van der Waals surface area contributed by atoms with Crippen LogP contribution in [0.2, 0.25) is 0 Å². The number of thiazole rings is 1. The maximum absolute atomic E-state index is 13.5. The summed E-state index contributed by atoms with van der Waals surface area (Å²) in [4.78, 5) is 18.4. The van der Waals surface area contributed by atoms with Crippen molar-refractivity contribution in [1.29, 1.82) is 0 Å². The van der Waals surface area contributed by atoms with Crippen LogP contribution in [0.15, 0.2) is 90.3 Å². The Hall–Kier alpha value is -3.76. The van der Waals surface area contributed by atoms with Gasteiger partial charge in [0.25, 0.3) is 0 Å². The molecule has 2 aromatic carbocycles. The molecule has 33 heavy (non-hydrogen) atoms. The number of carbonyl (C=O) groups excluding carboxylic acids is 1. The lowest BCUT2D eigenvalue weighted by Gasteiger charge is -2.03. The lowest BCUT2D eigenvalue weighted by Crippen LogP contribution is -2.02. The number of methoxy groups -OCH3 is 1. The summed E-state index contributed by atoms with van der Waals surface area (Å²) in [6, 6.07) is 27.6. The fraction of sp³-hybridized carbons (Fsp3) is 0.103. The van der Waals surface area contributed by atoms with Gasteiger partial charge < -0.3 is 4.74 Å². The van der Waals surface area contributed by atoms with Gasteiger partial charge in [0.05, 0.1) is 17.8 Å². The lowest BCUT2D eigenvalue weighted by atomic mass is 9.99. The molecule has 0 bridgehead atoms. The van der Waals surface area contributed by atoms with Gasteiger partial charge in [0.1, 0.15) is 5.75 Å². The third-order valence-electron chi connectivity index (χ3n) is 5.99. The molecule has 1 heterocycles. The Kier molecular flexibility index (Phi) is 5.76. The zero-order valence-corrected chi connectivity index (χ0v) is 19.4. The number of fused-ring (bicyclic) bond motifs is 1. The van der Waals surface area contributed by atoms with Crippen LogP contribution in [0.3, 0.4) is 0 Å². The van der Waals surface area contributed by atoms with Crippen molar-refractivity contribution in [2.45, 2.75) is 13.3 Å². The normalized spacial score (nSPS) is 11.0. The van der Waals surface area contributed by atoms with Crippen molar-refractivity contribution < 1.29 is 9.53 Å². The van der Waals surface area contributed by atoms with Crippen LogP contribution >= 0.6 is 11.3 Å². The smallest absolute Gasteiger partial charge is 0.193 e. The Morgan fingerprint density at radius 1 is 0.879 bits per heavy atom. The lowest BCUT2D eigenvalue weighted by molar-refractivity contribution is 0.103. The molecule has 0 saturated carbocycles. The molecule has 0 radical (unpaired) electrons. The van der Waals surface area contributed by atoms with Crippen LogP contribution in [0.5, 0.6) is 5.75 Å². The highest BCUT2D eigenvalue weighted by Crippen LogP contribution is 2.39. The number of rotatable bonds is 6. The zero-order chi connectivity index (χ0) is 22.8. The van der Waals surface area contributed by atoms with Crippen LogP contribution in [0, 0.1) is 6.92 Å². The first-order valence-electron chi connectivity index (χ1n) is 10.8. The van der Waals surface area contributed by atoms with Crippen molar-refractivity contribution in [2.24, 2.45) is 0 Å². The molecule has 2 aliphatic carbocycles. The van der Waals surface area contributed by atoms with E-state index >= 15 is 0 Å². The van der Waals surface area contributed by atoms with Gasteiger partial charge in [-0.3, -0.25) is 4.79 Å². The highest BCUT2D eigenvalue weighted by atomic mass is 32.1. The average molecular weight is 450 g/mol. The molecule has 0 unspecified atom stereocenters. The quantitative estimate of drug-likeness (QED) is 0.261. The molecule has 5 rings (SSSR count). The number of aromatic nitrogens is 1. The molecule has 0 amide bonds. The first kappa shape index (κ1) is 21.1. The molecule has 0 saturated heterocycles. The minimum Gasteiger partial charge on any atom is -0.497 e. The van der Waals surface area contributed by atoms with E-state index in [-0.39, 0.29) is 5.78 Å². The zero-order valence-electron chi connectivity index (χ0n) is 18.5. The highest BCUT2D eigenvalue weighted by molar-refractivity contribution is 7.10. The summed E-state index contributed by atoms with van der Waals surface area (Å²) >= 11 is 1.65. The van der Waals surface area contributed by atoms with E-state index < -0.39 is 0 Å². The van der Waals surface area contributed by atoms with E-state index in [0.717, 1.165) is 49.8 Å². The minimum absolute atomic E-state index is 0.0635. The Morgan fingerprint density at radius 3 is 2.24 bits per heavy atom. The van der Waals surface area contributed by atoms with Crippen molar-refractivity contribution in [2.75, 3.05) is 7.11 Å².